The zero-order valence-corrected chi connectivity index (χ0v) is 12.2. The first-order chi connectivity index (χ1) is 11.2. The molecule has 0 spiro atoms. The average molecular weight is 302 g/mol. The molecule has 4 aromatic carbocycles. The molecule has 23 heavy (non-hydrogen) atoms. The standard InChI is InChI=1S/C20H14O3/c21-19-15-8-4-5-9-16(15)20(22)18-12-14(10-11-17(18)19)23-13-6-2-1-3-7-13/h1-12,21-22H. The minimum Gasteiger partial charge on any atom is -0.507 e. The molecule has 0 unspecified atom stereocenters. The third-order valence-corrected chi connectivity index (χ3v) is 3.92. The average Bonchev–Trinajstić information content (AvgIpc) is 2.60. The predicted molar refractivity (Wildman–Crippen MR) is 91.3 cm³/mol. The van der Waals surface area contributed by atoms with Crippen LogP contribution < -0.4 is 4.74 Å². The largest absolute Gasteiger partial charge is 0.507 e. The van der Waals surface area contributed by atoms with Crippen LogP contribution in [0.15, 0.2) is 72.8 Å². The van der Waals surface area contributed by atoms with Crippen molar-refractivity contribution in [2.45, 2.75) is 0 Å². The number of benzene rings is 4. The molecule has 3 heteroatoms. The van der Waals surface area contributed by atoms with Crippen molar-refractivity contribution in [1.29, 1.82) is 0 Å². The van der Waals surface area contributed by atoms with Crippen LogP contribution in [0.2, 0.25) is 0 Å². The van der Waals surface area contributed by atoms with Crippen LogP contribution in [0.5, 0.6) is 23.0 Å². The summed E-state index contributed by atoms with van der Waals surface area (Å²) in [5, 5.41) is 23.4. The molecular formula is C20H14O3. The second-order valence-corrected chi connectivity index (χ2v) is 5.37. The normalized spacial score (nSPS) is 11.0. The van der Waals surface area contributed by atoms with Gasteiger partial charge in [-0.15, -0.1) is 0 Å². The predicted octanol–water partition coefficient (Wildman–Crippen LogP) is 5.20. The van der Waals surface area contributed by atoms with Crippen molar-refractivity contribution in [1.82, 2.24) is 0 Å². The van der Waals surface area contributed by atoms with Crippen LogP contribution >= 0.6 is 0 Å². The van der Waals surface area contributed by atoms with E-state index in [4.69, 9.17) is 4.74 Å². The molecule has 0 saturated carbocycles. The fraction of sp³-hybridized carbons (Fsp3) is 0. The summed E-state index contributed by atoms with van der Waals surface area (Å²) in [7, 11) is 0. The first-order valence-corrected chi connectivity index (χ1v) is 7.33. The Balaban J connectivity index is 1.91. The lowest BCUT2D eigenvalue weighted by molar-refractivity contribution is 0.474. The zero-order valence-electron chi connectivity index (χ0n) is 12.2. The number of hydrogen-bond donors (Lipinski definition) is 2. The topological polar surface area (TPSA) is 49.7 Å². The van der Waals surface area contributed by atoms with Crippen molar-refractivity contribution in [2.75, 3.05) is 0 Å². The van der Waals surface area contributed by atoms with Gasteiger partial charge in [-0.05, 0) is 30.3 Å². The SMILES string of the molecule is Oc1c2ccccc2c(O)c2cc(Oc3ccccc3)ccc12. The molecule has 112 valence electrons. The quantitative estimate of drug-likeness (QED) is 0.395. The van der Waals surface area contributed by atoms with Gasteiger partial charge >= 0.3 is 0 Å². The van der Waals surface area contributed by atoms with Gasteiger partial charge in [-0.2, -0.15) is 0 Å². The zero-order chi connectivity index (χ0) is 15.8. The van der Waals surface area contributed by atoms with Gasteiger partial charge in [0.15, 0.2) is 0 Å². The Bertz CT molecular complexity index is 1010. The molecule has 0 bridgehead atoms. The van der Waals surface area contributed by atoms with E-state index in [1.165, 1.54) is 0 Å². The van der Waals surface area contributed by atoms with Crippen LogP contribution in [0.3, 0.4) is 0 Å². The lowest BCUT2D eigenvalue weighted by Crippen LogP contribution is -1.86. The van der Waals surface area contributed by atoms with Crippen molar-refractivity contribution in [3.63, 3.8) is 0 Å². The van der Waals surface area contributed by atoms with Gasteiger partial charge in [0.2, 0.25) is 0 Å². The first-order valence-electron chi connectivity index (χ1n) is 7.33. The van der Waals surface area contributed by atoms with Gasteiger partial charge in [-0.25, -0.2) is 0 Å². The molecule has 0 aliphatic rings. The van der Waals surface area contributed by atoms with Crippen LogP contribution in [-0.2, 0) is 0 Å². The lowest BCUT2D eigenvalue weighted by atomic mass is 10.0. The van der Waals surface area contributed by atoms with Crippen LogP contribution in [-0.4, -0.2) is 10.2 Å². The van der Waals surface area contributed by atoms with Gasteiger partial charge < -0.3 is 14.9 Å². The number of hydrogen-bond acceptors (Lipinski definition) is 3. The number of aromatic hydroxyl groups is 2. The Morgan fingerprint density at radius 3 is 1.78 bits per heavy atom. The molecule has 4 rings (SSSR count). The molecule has 0 radical (unpaired) electrons. The van der Waals surface area contributed by atoms with Crippen molar-refractivity contribution in [3.05, 3.63) is 72.8 Å². The molecule has 0 aromatic heterocycles. The fourth-order valence-electron chi connectivity index (χ4n) is 2.80. The lowest BCUT2D eigenvalue weighted by Gasteiger charge is -2.11. The van der Waals surface area contributed by atoms with Crippen LogP contribution in [0, 0.1) is 0 Å². The van der Waals surface area contributed by atoms with E-state index in [9.17, 15) is 10.2 Å². The molecule has 0 aliphatic heterocycles. The molecule has 3 nitrogen and oxygen atoms in total. The van der Waals surface area contributed by atoms with Gasteiger partial charge in [-0.3, -0.25) is 0 Å². The Morgan fingerprint density at radius 2 is 1.09 bits per heavy atom. The van der Waals surface area contributed by atoms with Gasteiger partial charge in [0.25, 0.3) is 0 Å². The molecule has 0 heterocycles. The van der Waals surface area contributed by atoms with E-state index < -0.39 is 0 Å². The van der Waals surface area contributed by atoms with Crippen LogP contribution in [0.4, 0.5) is 0 Å². The van der Waals surface area contributed by atoms with Gasteiger partial charge in [0.1, 0.15) is 23.0 Å². The number of phenolic OH excluding ortho intramolecular Hbond substituents is 2. The Morgan fingerprint density at radius 1 is 0.522 bits per heavy atom. The number of phenols is 2. The maximum absolute atomic E-state index is 10.6. The van der Waals surface area contributed by atoms with E-state index in [1.54, 1.807) is 30.3 Å². The molecule has 4 aromatic rings. The van der Waals surface area contributed by atoms with E-state index in [1.807, 2.05) is 42.5 Å². The minimum atomic E-state index is 0.145. The highest BCUT2D eigenvalue weighted by Crippen LogP contribution is 2.42. The van der Waals surface area contributed by atoms with E-state index in [-0.39, 0.29) is 11.5 Å². The van der Waals surface area contributed by atoms with Crippen molar-refractivity contribution in [3.8, 4) is 23.0 Å². The summed E-state index contributed by atoms with van der Waals surface area (Å²) >= 11 is 0. The monoisotopic (exact) mass is 302 g/mol. The fourth-order valence-corrected chi connectivity index (χ4v) is 2.80. The third-order valence-electron chi connectivity index (χ3n) is 3.92. The number of ether oxygens (including phenoxy) is 1. The van der Waals surface area contributed by atoms with E-state index in [2.05, 4.69) is 0 Å². The number of rotatable bonds is 2. The molecule has 0 fully saturated rings. The molecule has 0 amide bonds. The van der Waals surface area contributed by atoms with E-state index in [0.717, 1.165) is 5.75 Å². The summed E-state index contributed by atoms with van der Waals surface area (Å²) in [6.45, 7) is 0. The highest BCUT2D eigenvalue weighted by molar-refractivity contribution is 6.10. The number of para-hydroxylation sites is 1. The summed E-state index contributed by atoms with van der Waals surface area (Å²) in [5.41, 5.74) is 0. The third kappa shape index (κ3) is 2.23. The number of fused-ring (bicyclic) bond motifs is 2. The van der Waals surface area contributed by atoms with Gasteiger partial charge in [0.05, 0.1) is 0 Å². The second kappa shape index (κ2) is 5.21. The highest BCUT2D eigenvalue weighted by Gasteiger charge is 2.13. The van der Waals surface area contributed by atoms with Crippen molar-refractivity contribution < 1.29 is 14.9 Å². The van der Waals surface area contributed by atoms with E-state index >= 15 is 0 Å². The molecular weight excluding hydrogens is 288 g/mol. The smallest absolute Gasteiger partial charge is 0.131 e. The summed E-state index contributed by atoms with van der Waals surface area (Å²) in [6, 6.07) is 22.0. The molecule has 2 N–H and O–H groups in total. The van der Waals surface area contributed by atoms with Crippen LogP contribution in [0.25, 0.3) is 21.5 Å². The maximum atomic E-state index is 10.6. The molecule has 0 saturated heterocycles. The van der Waals surface area contributed by atoms with Gasteiger partial charge in [-0.1, -0.05) is 42.5 Å². The van der Waals surface area contributed by atoms with Crippen LogP contribution in [0.1, 0.15) is 0 Å². The Labute approximate surface area is 133 Å². The summed E-state index contributed by atoms with van der Waals surface area (Å²) in [4.78, 5) is 0. The second-order valence-electron chi connectivity index (χ2n) is 5.37. The highest BCUT2D eigenvalue weighted by atomic mass is 16.5. The minimum absolute atomic E-state index is 0.145. The molecule has 0 atom stereocenters. The Hall–Kier alpha value is -3.20. The Kier molecular flexibility index (Phi) is 3.05. The first kappa shape index (κ1) is 13.5. The van der Waals surface area contributed by atoms with Crippen molar-refractivity contribution in [2.24, 2.45) is 0 Å². The summed E-state index contributed by atoms with van der Waals surface area (Å²) in [6.07, 6.45) is 0. The maximum Gasteiger partial charge on any atom is 0.131 e. The molecule has 0 aliphatic carbocycles. The van der Waals surface area contributed by atoms with Gasteiger partial charge in [0, 0.05) is 21.5 Å². The summed E-state index contributed by atoms with van der Waals surface area (Å²) < 4.78 is 5.80. The van der Waals surface area contributed by atoms with Crippen molar-refractivity contribution >= 4 is 21.5 Å². The van der Waals surface area contributed by atoms with E-state index in [0.29, 0.717) is 27.3 Å². The summed E-state index contributed by atoms with van der Waals surface area (Å²) in [5.74, 6) is 1.64.